The van der Waals surface area contributed by atoms with Crippen LogP contribution in [0.2, 0.25) is 0 Å². The first-order valence-corrected chi connectivity index (χ1v) is 5.76. The third-order valence-electron chi connectivity index (χ3n) is 1.81. The molecule has 78 valence electrons. The van der Waals surface area contributed by atoms with Gasteiger partial charge in [-0.15, -0.1) is 0 Å². The van der Waals surface area contributed by atoms with Crippen LogP contribution in [0.25, 0.3) is 0 Å². The van der Waals surface area contributed by atoms with Crippen LogP contribution in [-0.2, 0) is 6.54 Å². The predicted molar refractivity (Wildman–Crippen MR) is 62.8 cm³/mol. The van der Waals surface area contributed by atoms with Crippen LogP contribution in [0.15, 0.2) is 21.8 Å². The lowest BCUT2D eigenvalue weighted by atomic mass is 10.3. The van der Waals surface area contributed by atoms with Crippen LogP contribution in [0.3, 0.4) is 0 Å². The summed E-state index contributed by atoms with van der Waals surface area (Å²) in [5, 5.41) is 10.7. The lowest BCUT2D eigenvalue weighted by Gasteiger charge is -2.09. The van der Waals surface area contributed by atoms with Gasteiger partial charge in [0.2, 0.25) is 0 Å². The number of hydrogen-bond donors (Lipinski definition) is 2. The van der Waals surface area contributed by atoms with E-state index in [2.05, 4.69) is 39.4 Å². The molecule has 3 nitrogen and oxygen atoms in total. The van der Waals surface area contributed by atoms with Crippen molar-refractivity contribution in [1.29, 1.82) is 0 Å². The summed E-state index contributed by atoms with van der Waals surface area (Å²) in [5.41, 5.74) is 1.30. The summed E-state index contributed by atoms with van der Waals surface area (Å²) >= 11 is 1.72. The Morgan fingerprint density at radius 2 is 2.36 bits per heavy atom. The smallest absolute Gasteiger partial charge is 0.191 e. The van der Waals surface area contributed by atoms with Crippen molar-refractivity contribution in [2.75, 3.05) is 13.6 Å². The van der Waals surface area contributed by atoms with Crippen LogP contribution in [0.5, 0.6) is 0 Å². The van der Waals surface area contributed by atoms with Crippen LogP contribution < -0.4 is 10.6 Å². The molecule has 0 aliphatic carbocycles. The van der Waals surface area contributed by atoms with Gasteiger partial charge in [0.25, 0.3) is 0 Å². The zero-order chi connectivity index (χ0) is 10.2. The van der Waals surface area contributed by atoms with Gasteiger partial charge in [-0.3, -0.25) is 4.99 Å². The molecule has 0 saturated heterocycles. The van der Waals surface area contributed by atoms with Gasteiger partial charge in [-0.2, -0.15) is 11.3 Å². The average Bonchev–Trinajstić information content (AvgIpc) is 2.71. The highest BCUT2D eigenvalue weighted by atomic mass is 32.1. The number of guanidine groups is 1. The van der Waals surface area contributed by atoms with E-state index in [-0.39, 0.29) is 0 Å². The fourth-order valence-electron chi connectivity index (χ4n) is 1.04. The van der Waals surface area contributed by atoms with Crippen LogP contribution in [0.1, 0.15) is 18.9 Å². The molecule has 1 rings (SSSR count). The quantitative estimate of drug-likeness (QED) is 0.589. The highest BCUT2D eigenvalue weighted by Gasteiger charge is 1.96. The molecule has 0 atom stereocenters. The standard InChI is InChI=1S/C10H17N3S/c1-3-5-12-10(11-2)13-7-9-4-6-14-8-9/h4,6,8H,3,5,7H2,1-2H3,(H2,11,12,13). The van der Waals surface area contributed by atoms with Crippen LogP contribution in [0.4, 0.5) is 0 Å². The minimum Gasteiger partial charge on any atom is -0.356 e. The Labute approximate surface area is 89.3 Å². The molecule has 0 aliphatic heterocycles. The molecule has 1 aromatic heterocycles. The molecule has 0 amide bonds. The van der Waals surface area contributed by atoms with E-state index in [0.29, 0.717) is 0 Å². The summed E-state index contributed by atoms with van der Waals surface area (Å²) in [6.07, 6.45) is 1.11. The van der Waals surface area contributed by atoms with Crippen molar-refractivity contribution in [2.24, 2.45) is 4.99 Å². The zero-order valence-electron chi connectivity index (χ0n) is 8.71. The summed E-state index contributed by atoms with van der Waals surface area (Å²) in [6.45, 7) is 3.94. The topological polar surface area (TPSA) is 36.4 Å². The SMILES string of the molecule is CCCNC(=NC)NCc1ccsc1. The fourth-order valence-corrected chi connectivity index (χ4v) is 1.71. The molecule has 0 radical (unpaired) electrons. The minimum atomic E-state index is 0.840. The fraction of sp³-hybridized carbons (Fsp3) is 0.500. The Kier molecular flexibility index (Phi) is 5.07. The Morgan fingerprint density at radius 1 is 1.50 bits per heavy atom. The molecule has 1 heterocycles. The third kappa shape index (κ3) is 3.79. The summed E-state index contributed by atoms with van der Waals surface area (Å²) < 4.78 is 0. The van der Waals surface area contributed by atoms with Gasteiger partial charge < -0.3 is 10.6 Å². The highest BCUT2D eigenvalue weighted by Crippen LogP contribution is 2.04. The number of nitrogens with zero attached hydrogens (tertiary/aromatic N) is 1. The average molecular weight is 211 g/mol. The Morgan fingerprint density at radius 3 is 2.93 bits per heavy atom. The minimum absolute atomic E-state index is 0.840. The van der Waals surface area contributed by atoms with E-state index in [1.807, 2.05) is 0 Å². The van der Waals surface area contributed by atoms with Crippen molar-refractivity contribution in [2.45, 2.75) is 19.9 Å². The first-order valence-electron chi connectivity index (χ1n) is 4.82. The molecule has 0 fully saturated rings. The van der Waals surface area contributed by atoms with E-state index in [4.69, 9.17) is 0 Å². The van der Waals surface area contributed by atoms with Gasteiger partial charge >= 0.3 is 0 Å². The molecule has 0 aromatic carbocycles. The highest BCUT2D eigenvalue weighted by molar-refractivity contribution is 7.07. The second-order valence-corrected chi connectivity index (χ2v) is 3.76. The van der Waals surface area contributed by atoms with Gasteiger partial charge in [-0.05, 0) is 28.8 Å². The molecule has 0 spiro atoms. The maximum atomic E-state index is 4.12. The van der Waals surface area contributed by atoms with E-state index in [0.717, 1.165) is 25.5 Å². The number of rotatable bonds is 4. The number of thiophene rings is 1. The van der Waals surface area contributed by atoms with E-state index >= 15 is 0 Å². The van der Waals surface area contributed by atoms with Crippen LogP contribution in [-0.4, -0.2) is 19.6 Å². The molecule has 0 unspecified atom stereocenters. The van der Waals surface area contributed by atoms with Gasteiger partial charge in [0.1, 0.15) is 0 Å². The van der Waals surface area contributed by atoms with Crippen LogP contribution >= 0.6 is 11.3 Å². The van der Waals surface area contributed by atoms with Crippen molar-refractivity contribution in [3.63, 3.8) is 0 Å². The van der Waals surface area contributed by atoms with Crippen molar-refractivity contribution in [1.82, 2.24) is 10.6 Å². The third-order valence-corrected chi connectivity index (χ3v) is 2.54. The molecule has 1 aromatic rings. The number of aliphatic imine (C=N–C) groups is 1. The van der Waals surface area contributed by atoms with Crippen molar-refractivity contribution < 1.29 is 0 Å². The Balaban J connectivity index is 2.28. The number of hydrogen-bond acceptors (Lipinski definition) is 2. The lowest BCUT2D eigenvalue weighted by Crippen LogP contribution is -2.37. The molecular weight excluding hydrogens is 194 g/mol. The Bertz CT molecular complexity index is 267. The zero-order valence-corrected chi connectivity index (χ0v) is 9.53. The summed E-state index contributed by atoms with van der Waals surface area (Å²) in [7, 11) is 1.79. The molecule has 4 heteroatoms. The molecule has 0 bridgehead atoms. The molecule has 14 heavy (non-hydrogen) atoms. The number of nitrogens with one attached hydrogen (secondary N) is 2. The van der Waals surface area contributed by atoms with E-state index in [9.17, 15) is 0 Å². The van der Waals surface area contributed by atoms with Crippen LogP contribution in [0, 0.1) is 0 Å². The van der Waals surface area contributed by atoms with Crippen molar-refractivity contribution >= 4 is 17.3 Å². The van der Waals surface area contributed by atoms with Gasteiger partial charge in [0, 0.05) is 20.1 Å². The summed E-state index contributed by atoms with van der Waals surface area (Å²) in [4.78, 5) is 4.12. The van der Waals surface area contributed by atoms with E-state index in [1.54, 1.807) is 18.4 Å². The first kappa shape index (κ1) is 11.0. The van der Waals surface area contributed by atoms with E-state index in [1.165, 1.54) is 5.56 Å². The van der Waals surface area contributed by atoms with Crippen molar-refractivity contribution in [3.05, 3.63) is 22.4 Å². The maximum Gasteiger partial charge on any atom is 0.191 e. The largest absolute Gasteiger partial charge is 0.356 e. The van der Waals surface area contributed by atoms with E-state index < -0.39 is 0 Å². The second kappa shape index (κ2) is 6.43. The monoisotopic (exact) mass is 211 g/mol. The predicted octanol–water partition coefficient (Wildman–Crippen LogP) is 1.82. The molecular formula is C10H17N3S. The summed E-state index contributed by atoms with van der Waals surface area (Å²) in [5.74, 6) is 0.873. The first-order chi connectivity index (χ1) is 6.86. The molecule has 0 aliphatic rings. The van der Waals surface area contributed by atoms with Gasteiger partial charge in [-0.25, -0.2) is 0 Å². The Hall–Kier alpha value is -1.03. The normalized spacial score (nSPS) is 11.4. The van der Waals surface area contributed by atoms with Gasteiger partial charge in [0.05, 0.1) is 0 Å². The summed E-state index contributed by atoms with van der Waals surface area (Å²) in [6, 6.07) is 2.12. The van der Waals surface area contributed by atoms with Crippen molar-refractivity contribution in [3.8, 4) is 0 Å². The maximum absolute atomic E-state index is 4.12. The lowest BCUT2D eigenvalue weighted by molar-refractivity contribution is 0.782. The van der Waals surface area contributed by atoms with Gasteiger partial charge in [-0.1, -0.05) is 6.92 Å². The molecule has 2 N–H and O–H groups in total. The van der Waals surface area contributed by atoms with Gasteiger partial charge in [0.15, 0.2) is 5.96 Å². The molecule has 0 saturated carbocycles. The second-order valence-electron chi connectivity index (χ2n) is 2.98.